The van der Waals surface area contributed by atoms with Crippen LogP contribution >= 0.6 is 11.3 Å². The molecule has 3 aromatic rings. The van der Waals surface area contributed by atoms with Crippen LogP contribution in [-0.4, -0.2) is 77.2 Å². The lowest BCUT2D eigenvalue weighted by molar-refractivity contribution is 0.0635. The summed E-state index contributed by atoms with van der Waals surface area (Å²) in [4.78, 5) is 47.6. The highest BCUT2D eigenvalue weighted by Gasteiger charge is 2.28. The highest BCUT2D eigenvalue weighted by atomic mass is 32.1. The molecule has 1 unspecified atom stereocenters. The number of amides is 3. The molecule has 2 aliphatic heterocycles. The molecule has 0 aliphatic carbocycles. The number of carbonyl (C=O) groups excluding carboxylic acids is 3. The first-order valence-corrected chi connectivity index (χ1v) is 16.2. The fraction of sp³-hybridized carbons (Fsp3) is 0.455. The molecule has 3 amide bonds. The number of thiophene rings is 1. The molecule has 45 heavy (non-hydrogen) atoms. The molecule has 2 aliphatic rings. The van der Waals surface area contributed by atoms with Crippen molar-refractivity contribution in [1.82, 2.24) is 14.8 Å². The molecule has 1 saturated heterocycles. The third kappa shape index (κ3) is 8.73. The zero-order valence-corrected chi connectivity index (χ0v) is 27.1. The number of nitrogens with zero attached hydrogens (tertiary/aromatic N) is 3. The summed E-state index contributed by atoms with van der Waals surface area (Å²) in [5.41, 5.74) is 2.37. The largest absolute Gasteiger partial charge is 0.486 e. The van der Waals surface area contributed by atoms with Crippen molar-refractivity contribution in [2.45, 2.75) is 65.1 Å². The molecule has 0 spiro atoms. The molecule has 0 radical (unpaired) electrons. The van der Waals surface area contributed by atoms with Gasteiger partial charge in [-0.05, 0) is 81.4 Å². The molecular formula is C33H41N5O6S. The third-order valence-corrected chi connectivity index (χ3v) is 8.42. The first-order chi connectivity index (χ1) is 21.6. The molecule has 5 rings (SSSR count). The van der Waals surface area contributed by atoms with E-state index in [0.29, 0.717) is 60.4 Å². The molecule has 1 atom stereocenters. The van der Waals surface area contributed by atoms with Crippen LogP contribution in [0.2, 0.25) is 0 Å². The number of fused-ring (bicyclic) bond motifs is 1. The highest BCUT2D eigenvalue weighted by Crippen LogP contribution is 2.33. The van der Waals surface area contributed by atoms with Crippen LogP contribution in [0.4, 0.5) is 21.0 Å². The topological polar surface area (TPSA) is 122 Å². The van der Waals surface area contributed by atoms with E-state index in [1.54, 1.807) is 61.5 Å². The predicted octanol–water partition coefficient (Wildman–Crippen LogP) is 6.21. The molecule has 11 nitrogen and oxygen atoms in total. The minimum atomic E-state index is -0.629. The number of likely N-dealkylation sites (N-methyl/N-ethyl adjacent to an activating group) is 1. The van der Waals surface area contributed by atoms with E-state index < -0.39 is 11.7 Å². The number of Topliss-reactive ketones (excluding diaryl/α,β-unsaturated/α-hetero) is 1. The second-order valence-corrected chi connectivity index (χ2v) is 12.9. The number of urea groups is 1. The summed E-state index contributed by atoms with van der Waals surface area (Å²) in [5, 5.41) is 9.36. The van der Waals surface area contributed by atoms with Crippen molar-refractivity contribution in [2.75, 3.05) is 43.5 Å². The lowest BCUT2D eigenvalue weighted by Crippen LogP contribution is -2.44. The van der Waals surface area contributed by atoms with Gasteiger partial charge in [0, 0.05) is 48.9 Å². The molecule has 1 fully saturated rings. The Bertz CT molecular complexity index is 1500. The molecule has 12 heteroatoms. The van der Waals surface area contributed by atoms with Crippen molar-refractivity contribution < 1.29 is 28.6 Å². The Morgan fingerprint density at radius 3 is 2.62 bits per heavy atom. The number of aromatic nitrogens is 1. The van der Waals surface area contributed by atoms with E-state index in [1.165, 1.54) is 11.3 Å². The Kier molecular flexibility index (Phi) is 10.2. The molecule has 0 saturated carbocycles. The quantitative estimate of drug-likeness (QED) is 0.253. The van der Waals surface area contributed by atoms with E-state index in [9.17, 15) is 14.4 Å². The van der Waals surface area contributed by atoms with E-state index in [2.05, 4.69) is 27.4 Å². The lowest BCUT2D eigenvalue weighted by atomic mass is 10.1. The average Bonchev–Trinajstić information content (AvgIpc) is 3.64. The van der Waals surface area contributed by atoms with E-state index in [0.717, 1.165) is 31.5 Å². The van der Waals surface area contributed by atoms with E-state index >= 15 is 0 Å². The number of hydrogen-bond acceptors (Lipinski definition) is 9. The SMILES string of the molecule is CCN1CCCC1CN(Cc1ccc(C(=O)Cc2cscc2NC(=O)OC(C)(C)C)nc1)C(=O)Nc1ccc2c(c1)OCCO2. The van der Waals surface area contributed by atoms with Crippen LogP contribution in [0.1, 0.15) is 62.2 Å². The smallest absolute Gasteiger partial charge is 0.412 e. The third-order valence-electron chi connectivity index (χ3n) is 7.63. The second-order valence-electron chi connectivity index (χ2n) is 12.2. The summed E-state index contributed by atoms with van der Waals surface area (Å²) in [5.74, 6) is 1.10. The molecule has 1 aromatic carbocycles. The van der Waals surface area contributed by atoms with Gasteiger partial charge in [0.25, 0.3) is 0 Å². The summed E-state index contributed by atoms with van der Waals surface area (Å²) in [6, 6.07) is 8.96. The second kappa shape index (κ2) is 14.3. The molecule has 2 aromatic heterocycles. The molecule has 240 valence electrons. The van der Waals surface area contributed by atoms with Crippen molar-refractivity contribution >= 4 is 40.6 Å². The average molecular weight is 636 g/mol. The minimum absolute atomic E-state index is 0.0829. The number of ether oxygens (including phenoxy) is 3. The number of nitrogens with one attached hydrogen (secondary N) is 2. The number of benzene rings is 1. The van der Waals surface area contributed by atoms with Crippen LogP contribution in [-0.2, 0) is 17.7 Å². The number of carbonyl (C=O) groups is 3. The number of ketones is 1. The Labute approximate surface area is 267 Å². The van der Waals surface area contributed by atoms with Gasteiger partial charge in [-0.1, -0.05) is 13.0 Å². The number of likely N-dealkylation sites (tertiary alicyclic amines) is 1. The summed E-state index contributed by atoms with van der Waals surface area (Å²) >= 11 is 1.39. The number of anilines is 2. The first-order valence-electron chi connectivity index (χ1n) is 15.3. The van der Waals surface area contributed by atoms with Crippen LogP contribution in [0.3, 0.4) is 0 Å². The van der Waals surface area contributed by atoms with Gasteiger partial charge in [-0.15, -0.1) is 11.3 Å². The maximum absolute atomic E-state index is 13.6. The summed E-state index contributed by atoms with van der Waals surface area (Å²) < 4.78 is 16.6. The molecular weight excluding hydrogens is 594 g/mol. The van der Waals surface area contributed by atoms with Gasteiger partial charge in [-0.25, -0.2) is 9.59 Å². The van der Waals surface area contributed by atoms with E-state index in [-0.39, 0.29) is 24.3 Å². The van der Waals surface area contributed by atoms with Crippen molar-refractivity contribution in [3.8, 4) is 11.5 Å². The van der Waals surface area contributed by atoms with Gasteiger partial charge >= 0.3 is 12.1 Å². The Morgan fingerprint density at radius 1 is 1.09 bits per heavy atom. The van der Waals surface area contributed by atoms with Crippen molar-refractivity contribution in [1.29, 1.82) is 0 Å². The van der Waals surface area contributed by atoms with Gasteiger partial charge in [0.05, 0.1) is 5.69 Å². The number of hydrogen-bond donors (Lipinski definition) is 2. The van der Waals surface area contributed by atoms with Gasteiger partial charge < -0.3 is 24.4 Å². The molecule has 4 heterocycles. The Balaban J connectivity index is 1.25. The van der Waals surface area contributed by atoms with Crippen LogP contribution < -0.4 is 20.1 Å². The zero-order valence-electron chi connectivity index (χ0n) is 26.3. The number of pyridine rings is 1. The fourth-order valence-corrected chi connectivity index (χ4v) is 6.25. The van der Waals surface area contributed by atoms with Crippen molar-refractivity contribution in [2.24, 2.45) is 0 Å². The standard InChI is InChI=1S/C33H41N5O6S/c1-5-37-12-6-7-25(37)19-38(31(40)35-24-9-11-29-30(16-24)43-14-13-42-29)18-22-8-10-26(34-17-22)28(39)15-23-20-45-21-27(23)36-32(41)44-33(2,3)4/h8-11,16-17,20-21,25H,5-7,12-15,18-19H2,1-4H3,(H,35,40)(H,36,41). The normalized spacial score (nSPS) is 16.2. The van der Waals surface area contributed by atoms with Gasteiger partial charge in [-0.3, -0.25) is 20.0 Å². The summed E-state index contributed by atoms with van der Waals surface area (Å²) in [7, 11) is 0. The van der Waals surface area contributed by atoms with Crippen molar-refractivity contribution in [3.63, 3.8) is 0 Å². The molecule has 0 bridgehead atoms. The Morgan fingerprint density at radius 2 is 1.89 bits per heavy atom. The summed E-state index contributed by atoms with van der Waals surface area (Å²) in [6.07, 6.45) is 3.30. The van der Waals surface area contributed by atoms with E-state index in [4.69, 9.17) is 14.2 Å². The monoisotopic (exact) mass is 635 g/mol. The maximum Gasteiger partial charge on any atom is 0.412 e. The maximum atomic E-state index is 13.6. The van der Waals surface area contributed by atoms with Crippen LogP contribution in [0.15, 0.2) is 47.3 Å². The minimum Gasteiger partial charge on any atom is -0.486 e. The predicted molar refractivity (Wildman–Crippen MR) is 174 cm³/mol. The molecule has 2 N–H and O–H groups in total. The van der Waals surface area contributed by atoms with Crippen LogP contribution in [0.25, 0.3) is 0 Å². The number of rotatable bonds is 10. The zero-order chi connectivity index (χ0) is 32.0. The highest BCUT2D eigenvalue weighted by molar-refractivity contribution is 7.08. The van der Waals surface area contributed by atoms with E-state index in [1.807, 2.05) is 11.4 Å². The van der Waals surface area contributed by atoms with Crippen LogP contribution in [0, 0.1) is 0 Å². The first kappa shape index (κ1) is 32.2. The summed E-state index contributed by atoms with van der Waals surface area (Å²) in [6.45, 7) is 11.3. The lowest BCUT2D eigenvalue weighted by Gasteiger charge is -2.30. The Hall–Kier alpha value is -4.16. The van der Waals surface area contributed by atoms with Gasteiger partial charge in [0.2, 0.25) is 0 Å². The van der Waals surface area contributed by atoms with Crippen molar-refractivity contribution in [3.05, 3.63) is 64.1 Å². The van der Waals surface area contributed by atoms with Gasteiger partial charge in [0.1, 0.15) is 24.5 Å². The van der Waals surface area contributed by atoms with Crippen LogP contribution in [0.5, 0.6) is 11.5 Å². The fourth-order valence-electron chi connectivity index (χ4n) is 5.47. The van der Waals surface area contributed by atoms with Gasteiger partial charge in [0.15, 0.2) is 17.3 Å². The van der Waals surface area contributed by atoms with Gasteiger partial charge in [-0.2, -0.15) is 0 Å².